The van der Waals surface area contributed by atoms with Gasteiger partial charge in [-0.25, -0.2) is 0 Å². The lowest BCUT2D eigenvalue weighted by atomic mass is 9.78. The van der Waals surface area contributed by atoms with Crippen molar-refractivity contribution in [3.63, 3.8) is 0 Å². The minimum absolute atomic E-state index is 0.0338. The van der Waals surface area contributed by atoms with Gasteiger partial charge >= 0.3 is 11.9 Å². The van der Waals surface area contributed by atoms with Gasteiger partial charge in [-0.3, -0.25) is 9.59 Å². The average Bonchev–Trinajstić information content (AvgIpc) is 2.87. The molecular formula is C34H50O6. The first kappa shape index (κ1) is 33.2. The van der Waals surface area contributed by atoms with Crippen LogP contribution in [-0.2, 0) is 42.7 Å². The third-order valence-electron chi connectivity index (χ3n) is 8.17. The van der Waals surface area contributed by atoms with Gasteiger partial charge in [0.15, 0.2) is 0 Å². The number of benzene rings is 2. The molecule has 0 saturated heterocycles. The lowest BCUT2D eigenvalue weighted by Crippen LogP contribution is -2.19. The van der Waals surface area contributed by atoms with Crippen LogP contribution in [0.5, 0.6) is 11.5 Å². The number of rotatable bonds is 13. The van der Waals surface area contributed by atoms with Crippen LogP contribution in [0.25, 0.3) is 0 Å². The van der Waals surface area contributed by atoms with Gasteiger partial charge in [0, 0.05) is 11.1 Å². The summed E-state index contributed by atoms with van der Waals surface area (Å²) in [5, 5.41) is 21.7. The highest BCUT2D eigenvalue weighted by atomic mass is 16.6. The molecule has 6 heteroatoms. The number of hydrogen-bond acceptors (Lipinski definition) is 6. The second kappa shape index (κ2) is 13.6. The quantitative estimate of drug-likeness (QED) is 0.196. The van der Waals surface area contributed by atoms with Gasteiger partial charge < -0.3 is 19.7 Å². The third-order valence-corrected chi connectivity index (χ3v) is 8.17. The second-order valence-corrected chi connectivity index (χ2v) is 12.7. The molecule has 0 fully saturated rings. The number of aromatic hydroxyl groups is 2. The molecule has 2 rings (SSSR count). The topological polar surface area (TPSA) is 93.1 Å². The fraction of sp³-hybridized carbons (Fsp3) is 0.588. The summed E-state index contributed by atoms with van der Waals surface area (Å²) in [4.78, 5) is 25.2. The molecule has 0 saturated carbocycles. The van der Waals surface area contributed by atoms with E-state index in [9.17, 15) is 19.8 Å². The Morgan fingerprint density at radius 2 is 1.00 bits per heavy atom. The number of phenolic OH excluding ortho intramolecular Hbond substituents is 2. The molecule has 0 spiro atoms. The summed E-state index contributed by atoms with van der Waals surface area (Å²) < 4.78 is 10.7. The van der Waals surface area contributed by atoms with Crippen molar-refractivity contribution in [2.24, 2.45) is 0 Å². The Kier molecular flexibility index (Phi) is 11.3. The molecule has 2 aromatic carbocycles. The standard InChI is InChI=1S/C34H50O6/c1-11-33(7,8)27-17-23(15-25(21(3)4)31(27)37)19-29(35)39-13-14-40-30(36)20-24-16-26(22(5)6)32(38)28(18-24)34(9,10)12-2/h15-18,21-22,37-38H,11-14,19-20H2,1-10H3. The van der Waals surface area contributed by atoms with Crippen LogP contribution in [0.1, 0.15) is 127 Å². The van der Waals surface area contributed by atoms with E-state index in [0.717, 1.165) is 46.2 Å². The Hall–Kier alpha value is -3.02. The number of hydrogen-bond donors (Lipinski definition) is 2. The van der Waals surface area contributed by atoms with E-state index in [1.807, 2.05) is 52.0 Å². The summed E-state index contributed by atoms with van der Waals surface area (Å²) in [5.74, 6) is -0.0190. The maximum Gasteiger partial charge on any atom is 0.310 e. The van der Waals surface area contributed by atoms with Crippen molar-refractivity contribution in [2.45, 2.75) is 118 Å². The van der Waals surface area contributed by atoms with Gasteiger partial charge in [0.2, 0.25) is 0 Å². The van der Waals surface area contributed by atoms with Crippen molar-refractivity contribution >= 4 is 11.9 Å². The van der Waals surface area contributed by atoms with Crippen LogP contribution >= 0.6 is 0 Å². The first-order valence-corrected chi connectivity index (χ1v) is 14.6. The van der Waals surface area contributed by atoms with Gasteiger partial charge in [0.1, 0.15) is 24.7 Å². The number of carbonyl (C=O) groups excluding carboxylic acids is 2. The van der Waals surface area contributed by atoms with Crippen LogP contribution < -0.4 is 0 Å². The Morgan fingerprint density at radius 3 is 1.27 bits per heavy atom. The van der Waals surface area contributed by atoms with Crippen molar-refractivity contribution in [3.8, 4) is 11.5 Å². The summed E-state index contributed by atoms with van der Waals surface area (Å²) in [7, 11) is 0. The van der Waals surface area contributed by atoms with Gasteiger partial charge in [-0.05, 0) is 57.8 Å². The van der Waals surface area contributed by atoms with E-state index in [-0.39, 0.29) is 48.7 Å². The molecule has 0 heterocycles. The summed E-state index contributed by atoms with van der Waals surface area (Å²) in [6.45, 7) is 20.5. The molecule has 0 amide bonds. The molecule has 0 radical (unpaired) electrons. The Balaban J connectivity index is 2.01. The molecule has 2 aromatic rings. The van der Waals surface area contributed by atoms with Crippen LogP contribution in [0.2, 0.25) is 0 Å². The zero-order valence-electron chi connectivity index (χ0n) is 26.2. The fourth-order valence-corrected chi connectivity index (χ4v) is 4.68. The summed E-state index contributed by atoms with van der Waals surface area (Å²) in [6.07, 6.45) is 1.83. The van der Waals surface area contributed by atoms with Crippen molar-refractivity contribution in [3.05, 3.63) is 57.6 Å². The predicted molar refractivity (Wildman–Crippen MR) is 160 cm³/mol. The van der Waals surface area contributed by atoms with Gasteiger partial charge in [-0.15, -0.1) is 0 Å². The first-order chi connectivity index (χ1) is 18.5. The minimum Gasteiger partial charge on any atom is -0.507 e. The summed E-state index contributed by atoms with van der Waals surface area (Å²) >= 11 is 0. The average molecular weight is 555 g/mol. The lowest BCUT2D eigenvalue weighted by molar-refractivity contribution is -0.151. The van der Waals surface area contributed by atoms with Crippen LogP contribution in [0.4, 0.5) is 0 Å². The van der Waals surface area contributed by atoms with Gasteiger partial charge in [0.25, 0.3) is 0 Å². The molecule has 0 unspecified atom stereocenters. The second-order valence-electron chi connectivity index (χ2n) is 12.7. The fourth-order valence-electron chi connectivity index (χ4n) is 4.68. The van der Waals surface area contributed by atoms with E-state index in [1.54, 1.807) is 0 Å². The largest absolute Gasteiger partial charge is 0.507 e. The normalized spacial score (nSPS) is 12.2. The molecular weight excluding hydrogens is 504 g/mol. The number of ether oxygens (including phenoxy) is 2. The lowest BCUT2D eigenvalue weighted by Gasteiger charge is -2.27. The van der Waals surface area contributed by atoms with Crippen molar-refractivity contribution < 1.29 is 29.3 Å². The highest BCUT2D eigenvalue weighted by Gasteiger charge is 2.27. The Morgan fingerprint density at radius 1 is 0.675 bits per heavy atom. The predicted octanol–water partition coefficient (Wildman–Crippen LogP) is 7.59. The number of carbonyl (C=O) groups is 2. The summed E-state index contributed by atoms with van der Waals surface area (Å²) in [6, 6.07) is 7.52. The van der Waals surface area contributed by atoms with Crippen LogP contribution in [0.3, 0.4) is 0 Å². The molecule has 6 nitrogen and oxygen atoms in total. The van der Waals surface area contributed by atoms with Gasteiger partial charge in [-0.1, -0.05) is 93.5 Å². The third kappa shape index (κ3) is 8.25. The first-order valence-electron chi connectivity index (χ1n) is 14.6. The highest BCUT2D eigenvalue weighted by molar-refractivity contribution is 5.74. The van der Waals surface area contributed by atoms with E-state index < -0.39 is 11.9 Å². The Labute approximate surface area is 241 Å². The van der Waals surface area contributed by atoms with Gasteiger partial charge in [0.05, 0.1) is 12.8 Å². The maximum atomic E-state index is 12.6. The Bertz CT molecular complexity index is 1100. The monoisotopic (exact) mass is 554 g/mol. The molecule has 40 heavy (non-hydrogen) atoms. The smallest absolute Gasteiger partial charge is 0.310 e. The number of esters is 2. The molecule has 0 aliphatic rings. The SMILES string of the molecule is CCC(C)(C)c1cc(CC(=O)OCCOC(=O)Cc2cc(C(C)C)c(O)c(C(C)(C)CC)c2)cc(C(C)C)c1O. The van der Waals surface area contributed by atoms with Crippen molar-refractivity contribution in [2.75, 3.05) is 13.2 Å². The maximum absolute atomic E-state index is 12.6. The van der Waals surface area contributed by atoms with E-state index >= 15 is 0 Å². The molecule has 0 atom stereocenters. The van der Waals surface area contributed by atoms with Crippen molar-refractivity contribution in [1.82, 2.24) is 0 Å². The van der Waals surface area contributed by atoms with Gasteiger partial charge in [-0.2, -0.15) is 0 Å². The molecule has 0 aliphatic heterocycles. The summed E-state index contributed by atoms with van der Waals surface area (Å²) in [5.41, 5.74) is 4.41. The van der Waals surface area contributed by atoms with E-state index in [0.29, 0.717) is 11.5 Å². The van der Waals surface area contributed by atoms with E-state index in [1.165, 1.54) is 0 Å². The minimum atomic E-state index is -0.414. The van der Waals surface area contributed by atoms with Crippen LogP contribution in [0.15, 0.2) is 24.3 Å². The molecule has 0 aromatic heterocycles. The van der Waals surface area contributed by atoms with Crippen molar-refractivity contribution in [1.29, 1.82) is 0 Å². The molecule has 0 bridgehead atoms. The zero-order chi connectivity index (χ0) is 30.4. The zero-order valence-corrected chi connectivity index (χ0v) is 26.2. The molecule has 222 valence electrons. The highest BCUT2D eigenvalue weighted by Crippen LogP contribution is 2.40. The molecule has 2 N–H and O–H groups in total. The molecule has 0 aliphatic carbocycles. The van der Waals surface area contributed by atoms with E-state index in [2.05, 4.69) is 41.5 Å². The van der Waals surface area contributed by atoms with Crippen LogP contribution in [-0.4, -0.2) is 35.4 Å². The van der Waals surface area contributed by atoms with Crippen LogP contribution in [0, 0.1) is 0 Å². The number of phenols is 2. The van der Waals surface area contributed by atoms with E-state index in [4.69, 9.17) is 9.47 Å².